The van der Waals surface area contributed by atoms with Crippen LogP contribution in [0.25, 0.3) is 0 Å². The van der Waals surface area contributed by atoms with Crippen LogP contribution in [0.3, 0.4) is 0 Å². The molecular weight excluding hydrogens is 261 g/mol. The number of alkyl halides is 3. The number of nitrogens with two attached hydrogens (primary N) is 1. The Bertz CT molecular complexity index is 397. The molecule has 0 atom stereocenters. The first-order valence-corrected chi connectivity index (χ1v) is 5.98. The SMILES string of the molecule is CCCCOCCOc1cc(C(F)(F)F)ncc1N. The average Bonchev–Trinajstić information content (AvgIpc) is 2.34. The molecule has 1 heterocycles. The van der Waals surface area contributed by atoms with Crippen LogP contribution in [0.15, 0.2) is 12.3 Å². The van der Waals surface area contributed by atoms with Crippen molar-refractivity contribution in [3.63, 3.8) is 0 Å². The summed E-state index contributed by atoms with van der Waals surface area (Å²) in [7, 11) is 0. The lowest BCUT2D eigenvalue weighted by Gasteiger charge is -2.11. The minimum Gasteiger partial charge on any atom is -0.489 e. The van der Waals surface area contributed by atoms with E-state index in [9.17, 15) is 13.2 Å². The fourth-order valence-corrected chi connectivity index (χ4v) is 1.29. The molecule has 0 fully saturated rings. The number of nitrogen functional groups attached to an aromatic ring is 1. The monoisotopic (exact) mass is 278 g/mol. The van der Waals surface area contributed by atoms with Crippen LogP contribution in [0.4, 0.5) is 18.9 Å². The van der Waals surface area contributed by atoms with Crippen molar-refractivity contribution in [1.29, 1.82) is 0 Å². The third kappa shape index (κ3) is 5.34. The first kappa shape index (κ1) is 15.6. The second-order valence-corrected chi connectivity index (χ2v) is 3.92. The number of pyridine rings is 1. The molecule has 0 bridgehead atoms. The minimum atomic E-state index is -4.51. The number of hydrogen-bond donors (Lipinski definition) is 1. The summed E-state index contributed by atoms with van der Waals surface area (Å²) >= 11 is 0. The van der Waals surface area contributed by atoms with E-state index in [0.29, 0.717) is 13.2 Å². The standard InChI is InChI=1S/C12H17F3N2O2/c1-2-3-4-18-5-6-19-10-7-11(12(13,14)15)17-8-9(10)16/h7-8H,2-6,16H2,1H3. The van der Waals surface area contributed by atoms with Gasteiger partial charge >= 0.3 is 6.18 Å². The van der Waals surface area contributed by atoms with Crippen LogP contribution in [0.1, 0.15) is 25.5 Å². The maximum atomic E-state index is 12.4. The van der Waals surface area contributed by atoms with E-state index in [0.717, 1.165) is 25.1 Å². The number of ether oxygens (including phenoxy) is 2. The first-order chi connectivity index (χ1) is 8.95. The van der Waals surface area contributed by atoms with Crippen LogP contribution in [-0.4, -0.2) is 24.8 Å². The number of aromatic nitrogens is 1. The zero-order valence-electron chi connectivity index (χ0n) is 10.7. The molecule has 0 aliphatic rings. The van der Waals surface area contributed by atoms with E-state index in [1.54, 1.807) is 0 Å². The molecule has 0 saturated heterocycles. The molecule has 7 heteroatoms. The van der Waals surface area contributed by atoms with Gasteiger partial charge in [-0.2, -0.15) is 13.2 Å². The van der Waals surface area contributed by atoms with Gasteiger partial charge in [0, 0.05) is 12.7 Å². The summed E-state index contributed by atoms with van der Waals surface area (Å²) < 4.78 is 47.7. The van der Waals surface area contributed by atoms with Crippen molar-refractivity contribution in [2.75, 3.05) is 25.6 Å². The number of hydrogen-bond acceptors (Lipinski definition) is 4. The lowest BCUT2D eigenvalue weighted by molar-refractivity contribution is -0.141. The van der Waals surface area contributed by atoms with Crippen molar-refractivity contribution in [3.8, 4) is 5.75 Å². The fourth-order valence-electron chi connectivity index (χ4n) is 1.29. The summed E-state index contributed by atoms with van der Waals surface area (Å²) in [6.45, 7) is 3.11. The molecule has 19 heavy (non-hydrogen) atoms. The maximum Gasteiger partial charge on any atom is 0.433 e. The van der Waals surface area contributed by atoms with Gasteiger partial charge in [0.15, 0.2) is 0 Å². The Morgan fingerprint density at radius 3 is 2.63 bits per heavy atom. The molecule has 0 amide bonds. The van der Waals surface area contributed by atoms with Crippen LogP contribution in [0.5, 0.6) is 5.75 Å². The maximum absolute atomic E-state index is 12.4. The highest BCUT2D eigenvalue weighted by atomic mass is 19.4. The lowest BCUT2D eigenvalue weighted by Crippen LogP contribution is -2.12. The van der Waals surface area contributed by atoms with Crippen molar-refractivity contribution >= 4 is 5.69 Å². The second-order valence-electron chi connectivity index (χ2n) is 3.92. The minimum absolute atomic E-state index is 0.0265. The Balaban J connectivity index is 2.49. The molecule has 1 aromatic rings. The van der Waals surface area contributed by atoms with Crippen molar-refractivity contribution in [3.05, 3.63) is 18.0 Å². The Hall–Kier alpha value is -1.50. The van der Waals surface area contributed by atoms with E-state index < -0.39 is 11.9 Å². The summed E-state index contributed by atoms with van der Waals surface area (Å²) in [5.41, 5.74) is 4.55. The second kappa shape index (κ2) is 7.18. The normalized spacial score (nSPS) is 11.6. The van der Waals surface area contributed by atoms with Gasteiger partial charge in [0.05, 0.1) is 18.5 Å². The fraction of sp³-hybridized carbons (Fsp3) is 0.583. The summed E-state index contributed by atoms with van der Waals surface area (Å²) in [5.74, 6) is -0.0265. The van der Waals surface area contributed by atoms with Crippen molar-refractivity contribution in [1.82, 2.24) is 4.98 Å². The van der Waals surface area contributed by atoms with Crippen molar-refractivity contribution in [2.45, 2.75) is 25.9 Å². The zero-order valence-corrected chi connectivity index (χ0v) is 10.7. The zero-order chi connectivity index (χ0) is 14.3. The van der Waals surface area contributed by atoms with Crippen molar-refractivity contribution < 1.29 is 22.6 Å². The largest absolute Gasteiger partial charge is 0.489 e. The first-order valence-electron chi connectivity index (χ1n) is 5.98. The Morgan fingerprint density at radius 2 is 2.00 bits per heavy atom. The Kier molecular flexibility index (Phi) is 5.88. The molecule has 2 N–H and O–H groups in total. The molecule has 1 rings (SSSR count). The van der Waals surface area contributed by atoms with E-state index in [1.165, 1.54) is 0 Å². The van der Waals surface area contributed by atoms with Gasteiger partial charge in [0.25, 0.3) is 0 Å². The molecule has 4 nitrogen and oxygen atoms in total. The van der Waals surface area contributed by atoms with Crippen LogP contribution < -0.4 is 10.5 Å². The summed E-state index contributed by atoms with van der Waals surface area (Å²) in [6, 6.07) is 0.793. The highest BCUT2D eigenvalue weighted by molar-refractivity contribution is 5.51. The number of anilines is 1. The molecule has 0 spiro atoms. The molecular formula is C12H17F3N2O2. The number of unbranched alkanes of at least 4 members (excludes halogenated alkanes) is 1. The van der Waals surface area contributed by atoms with Gasteiger partial charge in [0.2, 0.25) is 0 Å². The van der Waals surface area contributed by atoms with E-state index in [2.05, 4.69) is 4.98 Å². The molecule has 0 aliphatic heterocycles. The van der Waals surface area contributed by atoms with Crippen LogP contribution >= 0.6 is 0 Å². The van der Waals surface area contributed by atoms with E-state index in [4.69, 9.17) is 15.2 Å². The predicted molar refractivity (Wildman–Crippen MR) is 64.9 cm³/mol. The van der Waals surface area contributed by atoms with Gasteiger partial charge in [-0.25, -0.2) is 4.98 Å². The van der Waals surface area contributed by atoms with E-state index in [1.807, 2.05) is 6.92 Å². The van der Waals surface area contributed by atoms with E-state index in [-0.39, 0.29) is 18.0 Å². The molecule has 0 aromatic carbocycles. The Labute approximate surface area is 109 Å². The Morgan fingerprint density at radius 1 is 1.26 bits per heavy atom. The molecule has 0 aliphatic carbocycles. The summed E-state index contributed by atoms with van der Waals surface area (Å²) in [6.07, 6.45) is -1.61. The van der Waals surface area contributed by atoms with Gasteiger partial charge in [-0.3, -0.25) is 0 Å². The highest BCUT2D eigenvalue weighted by Crippen LogP contribution is 2.31. The van der Waals surface area contributed by atoms with E-state index >= 15 is 0 Å². The smallest absolute Gasteiger partial charge is 0.433 e. The molecule has 1 aromatic heterocycles. The lowest BCUT2D eigenvalue weighted by atomic mass is 10.3. The van der Waals surface area contributed by atoms with Gasteiger partial charge in [-0.15, -0.1) is 0 Å². The third-order valence-corrected chi connectivity index (χ3v) is 2.31. The number of rotatable bonds is 7. The summed E-state index contributed by atoms with van der Waals surface area (Å²) in [5, 5.41) is 0. The van der Waals surface area contributed by atoms with Crippen LogP contribution in [0, 0.1) is 0 Å². The number of halogens is 3. The van der Waals surface area contributed by atoms with Crippen molar-refractivity contribution in [2.24, 2.45) is 0 Å². The van der Waals surface area contributed by atoms with Gasteiger partial charge in [-0.05, 0) is 6.42 Å². The molecule has 0 unspecified atom stereocenters. The predicted octanol–water partition coefficient (Wildman–Crippen LogP) is 2.88. The third-order valence-electron chi connectivity index (χ3n) is 2.31. The van der Waals surface area contributed by atoms with Gasteiger partial charge in [0.1, 0.15) is 18.1 Å². The molecule has 0 saturated carbocycles. The molecule has 108 valence electrons. The van der Waals surface area contributed by atoms with Crippen LogP contribution in [-0.2, 0) is 10.9 Å². The highest BCUT2D eigenvalue weighted by Gasteiger charge is 2.33. The van der Waals surface area contributed by atoms with Crippen LogP contribution in [0.2, 0.25) is 0 Å². The summed E-state index contributed by atoms with van der Waals surface area (Å²) in [4.78, 5) is 3.22. The average molecular weight is 278 g/mol. The van der Waals surface area contributed by atoms with Gasteiger partial charge < -0.3 is 15.2 Å². The van der Waals surface area contributed by atoms with Gasteiger partial charge in [-0.1, -0.05) is 13.3 Å². The number of nitrogens with zero attached hydrogens (tertiary/aromatic N) is 1. The quantitative estimate of drug-likeness (QED) is 0.779. The topological polar surface area (TPSA) is 57.4 Å². The molecule has 0 radical (unpaired) electrons.